The molecule has 1 N–H and O–H groups in total. The maximum atomic E-state index is 12.8. The second-order valence-electron chi connectivity index (χ2n) is 3.52. The van der Waals surface area contributed by atoms with Crippen molar-refractivity contribution in [3.05, 3.63) is 46.2 Å². The van der Waals surface area contributed by atoms with Crippen LogP contribution in [0.3, 0.4) is 0 Å². The Kier molecular flexibility index (Phi) is 4.60. The molecule has 19 heavy (non-hydrogen) atoms. The first-order valence-electron chi connectivity index (χ1n) is 4.89. The summed E-state index contributed by atoms with van der Waals surface area (Å²) < 4.78 is 38.5. The van der Waals surface area contributed by atoms with Gasteiger partial charge < -0.3 is 5.11 Å². The van der Waals surface area contributed by atoms with Gasteiger partial charge in [0.1, 0.15) is 9.75 Å². The summed E-state index contributed by atoms with van der Waals surface area (Å²) in [5.41, 5.74) is 0.263. The number of thiophene rings is 1. The quantitative estimate of drug-likeness (QED) is 0.883. The van der Waals surface area contributed by atoms with Crippen LogP contribution in [0.4, 0.5) is 13.2 Å². The monoisotopic (exact) mass is 308 g/mol. The van der Waals surface area contributed by atoms with Crippen molar-refractivity contribution in [1.82, 2.24) is 0 Å². The number of alkyl halides is 3. The Morgan fingerprint density at radius 2 is 1.74 bits per heavy atom. The fraction of sp³-hybridized carbons (Fsp3) is 0.0833. The maximum absolute atomic E-state index is 12.8. The number of carboxylic acids is 1. The van der Waals surface area contributed by atoms with Crippen LogP contribution >= 0.6 is 23.7 Å². The summed E-state index contributed by atoms with van der Waals surface area (Å²) in [7, 11) is 0. The van der Waals surface area contributed by atoms with Gasteiger partial charge in [-0.05, 0) is 11.6 Å². The molecule has 102 valence electrons. The topological polar surface area (TPSA) is 37.3 Å². The first-order chi connectivity index (χ1) is 8.39. The summed E-state index contributed by atoms with van der Waals surface area (Å²) in [4.78, 5) is 9.57. The molecule has 0 aliphatic rings. The van der Waals surface area contributed by atoms with Crippen molar-refractivity contribution in [2.75, 3.05) is 0 Å². The minimum atomic E-state index is -4.55. The smallest absolute Gasteiger partial charge is 0.426 e. The van der Waals surface area contributed by atoms with Gasteiger partial charge in [0.15, 0.2) is 0 Å². The van der Waals surface area contributed by atoms with Crippen LogP contribution in [0, 0.1) is 0 Å². The molecule has 0 spiro atoms. The van der Waals surface area contributed by atoms with Gasteiger partial charge >= 0.3 is 12.1 Å². The molecular weight excluding hydrogens is 301 g/mol. The molecule has 0 saturated carbocycles. The van der Waals surface area contributed by atoms with E-state index in [1.165, 1.54) is 12.1 Å². The molecule has 0 fully saturated rings. The third-order valence-corrected chi connectivity index (χ3v) is 3.45. The molecule has 2 nitrogen and oxygen atoms in total. The standard InChI is InChI=1S/C12H7F3O2S.ClH/c13-12(14,15)10-8(6-9(18-10)11(16)17)7-4-2-1-3-5-7;/h1-6H,(H,16,17);1H. The molecule has 2 rings (SSSR count). The first-order valence-corrected chi connectivity index (χ1v) is 5.71. The van der Waals surface area contributed by atoms with Gasteiger partial charge in [-0.1, -0.05) is 30.3 Å². The molecule has 1 aromatic carbocycles. The second kappa shape index (κ2) is 5.63. The van der Waals surface area contributed by atoms with Gasteiger partial charge in [-0.3, -0.25) is 0 Å². The molecule has 0 atom stereocenters. The molecule has 0 saturated heterocycles. The lowest BCUT2D eigenvalue weighted by molar-refractivity contribution is -0.133. The van der Waals surface area contributed by atoms with Crippen LogP contribution in [0.15, 0.2) is 36.4 Å². The van der Waals surface area contributed by atoms with E-state index >= 15 is 0 Å². The molecular formula is C12H8ClF3O2S. The minimum absolute atomic E-state index is 0. The number of carbonyl (C=O) groups is 1. The lowest BCUT2D eigenvalue weighted by atomic mass is 10.1. The van der Waals surface area contributed by atoms with Crippen molar-refractivity contribution in [3.8, 4) is 11.1 Å². The normalized spacial score (nSPS) is 10.9. The number of carboxylic acid groups (broad SMARTS) is 1. The summed E-state index contributed by atoms with van der Waals surface area (Å²) >= 11 is 0.245. The highest BCUT2D eigenvalue weighted by atomic mass is 35.5. The molecule has 0 bridgehead atoms. The van der Waals surface area contributed by atoms with Crippen LogP contribution in [0.2, 0.25) is 0 Å². The molecule has 7 heteroatoms. The Morgan fingerprint density at radius 3 is 2.21 bits per heavy atom. The highest BCUT2D eigenvalue weighted by Crippen LogP contribution is 2.42. The zero-order valence-electron chi connectivity index (χ0n) is 9.27. The molecule has 0 unspecified atom stereocenters. The van der Waals surface area contributed by atoms with E-state index in [0.29, 0.717) is 5.56 Å². The largest absolute Gasteiger partial charge is 0.477 e. The Balaban J connectivity index is 0.00000180. The summed E-state index contributed by atoms with van der Waals surface area (Å²) in [6.45, 7) is 0. The summed E-state index contributed by atoms with van der Waals surface area (Å²) in [6, 6.07) is 8.99. The van der Waals surface area contributed by atoms with E-state index in [9.17, 15) is 18.0 Å². The fourth-order valence-corrected chi connectivity index (χ4v) is 2.43. The SMILES string of the molecule is Cl.O=C(O)c1cc(-c2ccccc2)c(C(F)(F)F)s1. The number of halogens is 4. The molecule has 0 aliphatic heterocycles. The van der Waals surface area contributed by atoms with E-state index in [2.05, 4.69) is 0 Å². The van der Waals surface area contributed by atoms with Gasteiger partial charge in [-0.15, -0.1) is 23.7 Å². The number of rotatable bonds is 2. The third-order valence-electron chi connectivity index (χ3n) is 2.29. The van der Waals surface area contributed by atoms with Gasteiger partial charge in [0.2, 0.25) is 0 Å². The van der Waals surface area contributed by atoms with Crippen molar-refractivity contribution < 1.29 is 23.1 Å². The van der Waals surface area contributed by atoms with Crippen LogP contribution < -0.4 is 0 Å². The van der Waals surface area contributed by atoms with Crippen LogP contribution in [-0.4, -0.2) is 11.1 Å². The molecule has 1 heterocycles. The third kappa shape index (κ3) is 3.27. The summed E-state index contributed by atoms with van der Waals surface area (Å²) in [5, 5.41) is 8.78. The van der Waals surface area contributed by atoms with Crippen LogP contribution in [0.25, 0.3) is 11.1 Å². The maximum Gasteiger partial charge on any atom is 0.426 e. The summed E-state index contributed by atoms with van der Waals surface area (Å²) in [5.74, 6) is -1.35. The second-order valence-corrected chi connectivity index (χ2v) is 4.57. The Labute approximate surface area is 116 Å². The van der Waals surface area contributed by atoms with Crippen LogP contribution in [0.5, 0.6) is 0 Å². The predicted molar refractivity (Wildman–Crippen MR) is 69.0 cm³/mol. The van der Waals surface area contributed by atoms with Gasteiger partial charge in [0.05, 0.1) is 0 Å². The fourth-order valence-electron chi connectivity index (χ4n) is 1.54. The van der Waals surface area contributed by atoms with Gasteiger partial charge in [-0.2, -0.15) is 13.2 Å². The van der Waals surface area contributed by atoms with Gasteiger partial charge in [-0.25, -0.2) is 4.79 Å². The van der Waals surface area contributed by atoms with Crippen molar-refractivity contribution in [2.45, 2.75) is 6.18 Å². The van der Waals surface area contributed by atoms with Crippen molar-refractivity contribution in [3.63, 3.8) is 0 Å². The Bertz CT molecular complexity index is 578. The number of hydrogen-bond donors (Lipinski definition) is 1. The Hall–Kier alpha value is -1.53. The lowest BCUT2D eigenvalue weighted by Crippen LogP contribution is -2.03. The van der Waals surface area contributed by atoms with Gasteiger partial charge in [0, 0.05) is 5.56 Å². The van der Waals surface area contributed by atoms with E-state index in [4.69, 9.17) is 5.11 Å². The van der Waals surface area contributed by atoms with Gasteiger partial charge in [0.25, 0.3) is 0 Å². The van der Waals surface area contributed by atoms with E-state index in [-0.39, 0.29) is 34.2 Å². The average molecular weight is 309 g/mol. The summed E-state index contributed by atoms with van der Waals surface area (Å²) in [6.07, 6.45) is -4.55. The predicted octanol–water partition coefficient (Wildman–Crippen LogP) is 4.55. The van der Waals surface area contributed by atoms with Crippen molar-refractivity contribution in [2.24, 2.45) is 0 Å². The van der Waals surface area contributed by atoms with E-state index < -0.39 is 17.0 Å². The average Bonchev–Trinajstić information content (AvgIpc) is 2.74. The van der Waals surface area contributed by atoms with E-state index in [0.717, 1.165) is 6.07 Å². The van der Waals surface area contributed by atoms with Crippen molar-refractivity contribution >= 4 is 29.7 Å². The molecule has 0 amide bonds. The molecule has 1 aromatic heterocycles. The molecule has 2 aromatic rings. The molecule has 0 radical (unpaired) electrons. The van der Waals surface area contributed by atoms with E-state index in [1.54, 1.807) is 18.2 Å². The highest BCUT2D eigenvalue weighted by molar-refractivity contribution is 7.14. The van der Waals surface area contributed by atoms with Crippen LogP contribution in [-0.2, 0) is 6.18 Å². The minimum Gasteiger partial charge on any atom is -0.477 e. The van der Waals surface area contributed by atoms with E-state index in [1.807, 2.05) is 0 Å². The first kappa shape index (κ1) is 15.5. The zero-order valence-corrected chi connectivity index (χ0v) is 10.9. The van der Waals surface area contributed by atoms with Crippen LogP contribution in [0.1, 0.15) is 14.5 Å². The number of hydrogen-bond acceptors (Lipinski definition) is 2. The Morgan fingerprint density at radius 1 is 1.16 bits per heavy atom. The lowest BCUT2D eigenvalue weighted by Gasteiger charge is -2.07. The number of aromatic carboxylic acids is 1. The molecule has 0 aliphatic carbocycles. The van der Waals surface area contributed by atoms with Crippen molar-refractivity contribution in [1.29, 1.82) is 0 Å². The number of benzene rings is 1. The highest BCUT2D eigenvalue weighted by Gasteiger charge is 2.37. The zero-order chi connectivity index (χ0) is 13.3.